The van der Waals surface area contributed by atoms with Gasteiger partial charge in [-0.25, -0.2) is 4.79 Å². The van der Waals surface area contributed by atoms with Gasteiger partial charge in [0.2, 0.25) is 12.0 Å². The van der Waals surface area contributed by atoms with Crippen molar-refractivity contribution >= 4 is 17.8 Å². The van der Waals surface area contributed by atoms with Crippen molar-refractivity contribution < 1.29 is 24.2 Å². The minimum absolute atomic E-state index is 0.0100. The predicted octanol–water partition coefficient (Wildman–Crippen LogP) is 4.74. The maximum absolute atomic E-state index is 13.7. The fourth-order valence-corrected chi connectivity index (χ4v) is 7.44. The summed E-state index contributed by atoms with van der Waals surface area (Å²) < 4.78 is 5.70. The van der Waals surface area contributed by atoms with Gasteiger partial charge in [0, 0.05) is 44.2 Å². The fourth-order valence-electron chi connectivity index (χ4n) is 7.44. The first-order valence-electron chi connectivity index (χ1n) is 16.4. The number of hydrogen-bond acceptors (Lipinski definition) is 7. The van der Waals surface area contributed by atoms with Crippen molar-refractivity contribution in [3.8, 4) is 6.01 Å². The minimum atomic E-state index is -1.26. The second kappa shape index (κ2) is 14.0. The number of nitrogens with zero attached hydrogens (tertiary/aromatic N) is 4. The maximum atomic E-state index is 13.7. The van der Waals surface area contributed by atoms with Gasteiger partial charge in [0.15, 0.2) is 0 Å². The molecule has 3 aliphatic rings. The molecule has 0 bridgehead atoms. The molecule has 0 spiro atoms. The van der Waals surface area contributed by atoms with Crippen LogP contribution in [0.1, 0.15) is 77.1 Å². The normalized spacial score (nSPS) is 21.1. The number of rotatable bonds is 11. The Balaban J connectivity index is 1.05. The van der Waals surface area contributed by atoms with E-state index in [-0.39, 0.29) is 29.8 Å². The first kappa shape index (κ1) is 31.7. The number of aromatic nitrogens is 2. The number of carbonyl (C=O) groups excluding carboxylic acids is 2. The first-order chi connectivity index (χ1) is 22.3. The molecule has 1 saturated carbocycles. The van der Waals surface area contributed by atoms with E-state index in [4.69, 9.17) is 4.74 Å². The van der Waals surface area contributed by atoms with E-state index in [1.165, 1.54) is 0 Å². The highest BCUT2D eigenvalue weighted by atomic mass is 16.5. The lowest BCUT2D eigenvalue weighted by atomic mass is 10.0. The lowest BCUT2D eigenvalue weighted by Crippen LogP contribution is -2.37. The second-order valence-electron chi connectivity index (χ2n) is 13.0. The van der Waals surface area contributed by atoms with Crippen LogP contribution < -0.4 is 10.1 Å². The predicted molar refractivity (Wildman–Crippen MR) is 172 cm³/mol. The summed E-state index contributed by atoms with van der Waals surface area (Å²) in [5, 5.41) is 13.1. The highest BCUT2D eigenvalue weighted by molar-refractivity contribution is 5.96. The molecule has 1 aromatic heterocycles. The number of ether oxygens (including phenoxy) is 1. The molecule has 1 aliphatic carbocycles. The number of carboxylic acids is 1. The van der Waals surface area contributed by atoms with Crippen LogP contribution in [0.4, 0.5) is 0 Å². The fraction of sp³-hybridized carbons (Fsp3) is 0.472. The summed E-state index contributed by atoms with van der Waals surface area (Å²) in [6.45, 7) is 7.55. The third kappa shape index (κ3) is 7.07. The van der Waals surface area contributed by atoms with Gasteiger partial charge in [-0.2, -0.15) is 9.97 Å². The molecule has 3 heterocycles. The summed E-state index contributed by atoms with van der Waals surface area (Å²) in [6.07, 6.45) is 3.84. The number of amides is 2. The molecule has 0 radical (unpaired) electrons. The zero-order valence-corrected chi connectivity index (χ0v) is 26.6. The zero-order valence-electron chi connectivity index (χ0n) is 26.6. The molecule has 10 nitrogen and oxygen atoms in total. The Kier molecular flexibility index (Phi) is 9.63. The van der Waals surface area contributed by atoms with Crippen molar-refractivity contribution in [2.45, 2.75) is 58.1 Å². The number of aliphatic carboxylic acids is 1. The average Bonchev–Trinajstić information content (AvgIpc) is 3.80. The van der Waals surface area contributed by atoms with Gasteiger partial charge in [-0.15, -0.1) is 0 Å². The van der Waals surface area contributed by atoms with Crippen molar-refractivity contribution in [3.05, 3.63) is 88.7 Å². The maximum Gasteiger partial charge on any atom is 0.349 e. The lowest BCUT2D eigenvalue weighted by Gasteiger charge is -2.26. The molecule has 2 unspecified atom stereocenters. The number of nitrogens with one attached hydrogen (secondary N) is 1. The number of fused-ring (bicyclic) bond motifs is 1. The van der Waals surface area contributed by atoms with E-state index in [2.05, 4.69) is 32.3 Å². The molecule has 242 valence electrons. The topological polar surface area (TPSA) is 125 Å². The molecule has 2 N–H and O–H groups in total. The van der Waals surface area contributed by atoms with Crippen molar-refractivity contribution in [3.63, 3.8) is 0 Å². The third-order valence-corrected chi connectivity index (χ3v) is 9.84. The Morgan fingerprint density at radius 1 is 0.870 bits per heavy atom. The van der Waals surface area contributed by atoms with Crippen molar-refractivity contribution in [2.24, 2.45) is 17.8 Å². The van der Waals surface area contributed by atoms with E-state index >= 15 is 0 Å². The summed E-state index contributed by atoms with van der Waals surface area (Å²) >= 11 is 0. The molecular formula is C36H43N5O5. The van der Waals surface area contributed by atoms with Crippen molar-refractivity contribution in [1.82, 2.24) is 25.1 Å². The minimum Gasteiger partial charge on any atom is -0.478 e. The van der Waals surface area contributed by atoms with E-state index < -0.39 is 12.1 Å². The van der Waals surface area contributed by atoms with Gasteiger partial charge in [-0.1, -0.05) is 73.5 Å². The number of benzene rings is 2. The van der Waals surface area contributed by atoms with Crippen LogP contribution in [0.15, 0.2) is 60.7 Å². The molecule has 10 heteroatoms. The third-order valence-electron chi connectivity index (χ3n) is 9.84. The highest BCUT2D eigenvalue weighted by Gasteiger charge is 2.42. The molecular weight excluding hydrogens is 582 g/mol. The molecule has 46 heavy (non-hydrogen) atoms. The van der Waals surface area contributed by atoms with Crippen LogP contribution in [0.25, 0.3) is 0 Å². The molecule has 4 atom stereocenters. The molecule has 3 aromatic rings. The summed E-state index contributed by atoms with van der Waals surface area (Å²) in [5.74, 6) is -0.146. The standard InChI is InChI=1S/C36H43N5O5/c1-23-31(24(2)38-36(37-23)46-32(35(44)45)26-13-7-4-8-14-26)34(43)41-21-28-19-40(20-29(28)22-41)18-17-30(25-11-5-3-6-12-25)39-33(42)27-15-9-10-16-27/h3-8,11-14,27-30,32H,9-10,15-22H2,1-2H3,(H,39,42)(H,44,45)/t28?,29?,30-,32-/m0/s1. The van der Waals surface area contributed by atoms with Crippen LogP contribution in [0.3, 0.4) is 0 Å². The van der Waals surface area contributed by atoms with E-state index in [1.54, 1.807) is 44.2 Å². The van der Waals surface area contributed by atoms with Crippen LogP contribution >= 0.6 is 0 Å². The lowest BCUT2D eigenvalue weighted by molar-refractivity contribution is -0.145. The molecule has 2 amide bonds. The van der Waals surface area contributed by atoms with Gasteiger partial charge in [-0.3, -0.25) is 9.59 Å². The van der Waals surface area contributed by atoms with Crippen LogP contribution in [-0.4, -0.2) is 75.4 Å². The highest BCUT2D eigenvalue weighted by Crippen LogP contribution is 2.34. The largest absolute Gasteiger partial charge is 0.478 e. The number of likely N-dealkylation sites (tertiary alicyclic amines) is 2. The van der Waals surface area contributed by atoms with E-state index in [0.717, 1.165) is 57.3 Å². The van der Waals surface area contributed by atoms with Gasteiger partial charge >= 0.3 is 12.0 Å². The summed E-state index contributed by atoms with van der Waals surface area (Å²) in [4.78, 5) is 51.8. The van der Waals surface area contributed by atoms with Crippen molar-refractivity contribution in [2.75, 3.05) is 32.7 Å². The summed E-state index contributed by atoms with van der Waals surface area (Å²) in [5.41, 5.74) is 3.01. The van der Waals surface area contributed by atoms with Gasteiger partial charge in [0.1, 0.15) is 0 Å². The average molecular weight is 626 g/mol. The van der Waals surface area contributed by atoms with Crippen LogP contribution in [0, 0.1) is 31.6 Å². The Labute approximate surface area is 270 Å². The molecule has 2 aliphatic heterocycles. The van der Waals surface area contributed by atoms with Gasteiger partial charge in [-0.05, 0) is 50.5 Å². The van der Waals surface area contributed by atoms with Crippen LogP contribution in [0.2, 0.25) is 0 Å². The smallest absolute Gasteiger partial charge is 0.349 e. The van der Waals surface area contributed by atoms with Crippen LogP contribution in [-0.2, 0) is 9.59 Å². The Morgan fingerprint density at radius 2 is 1.43 bits per heavy atom. The molecule has 3 fully saturated rings. The SMILES string of the molecule is Cc1nc(O[C@H](C(=O)O)c2ccccc2)nc(C)c1C(=O)N1CC2CN(CC[C@H](NC(=O)C3CCCC3)c3ccccc3)CC2C1. The van der Waals surface area contributed by atoms with E-state index in [1.807, 2.05) is 23.1 Å². The number of carbonyl (C=O) groups is 3. The molecule has 2 saturated heterocycles. The summed E-state index contributed by atoms with van der Waals surface area (Å²) in [6, 6.07) is 18.8. The zero-order chi connectivity index (χ0) is 32.2. The Morgan fingerprint density at radius 3 is 2.00 bits per heavy atom. The molecule has 2 aromatic carbocycles. The first-order valence-corrected chi connectivity index (χ1v) is 16.4. The number of hydrogen-bond donors (Lipinski definition) is 2. The number of aryl methyl sites for hydroxylation is 2. The monoisotopic (exact) mass is 625 g/mol. The van der Waals surface area contributed by atoms with Crippen LogP contribution in [0.5, 0.6) is 6.01 Å². The second-order valence-corrected chi connectivity index (χ2v) is 13.0. The molecule has 6 rings (SSSR count). The summed E-state index contributed by atoms with van der Waals surface area (Å²) in [7, 11) is 0. The Hall–Kier alpha value is -4.31. The van der Waals surface area contributed by atoms with E-state index in [0.29, 0.717) is 47.4 Å². The van der Waals surface area contributed by atoms with Gasteiger partial charge in [0.05, 0.1) is 23.0 Å². The van der Waals surface area contributed by atoms with E-state index in [9.17, 15) is 19.5 Å². The van der Waals surface area contributed by atoms with Crippen molar-refractivity contribution in [1.29, 1.82) is 0 Å². The Bertz CT molecular complexity index is 1510. The number of carboxylic acid groups (broad SMARTS) is 1. The quantitative estimate of drug-likeness (QED) is 0.313. The van der Waals surface area contributed by atoms with Gasteiger partial charge < -0.3 is 25.0 Å². The van der Waals surface area contributed by atoms with Gasteiger partial charge in [0.25, 0.3) is 5.91 Å².